The van der Waals surface area contributed by atoms with Gasteiger partial charge in [-0.05, 0) is 54.1 Å². The Bertz CT molecular complexity index is 1270. The highest BCUT2D eigenvalue weighted by molar-refractivity contribution is 9.10. The van der Waals surface area contributed by atoms with Crippen LogP contribution in [0.2, 0.25) is 0 Å². The maximum atomic E-state index is 12.9. The van der Waals surface area contributed by atoms with E-state index in [1.54, 1.807) is 0 Å². The van der Waals surface area contributed by atoms with Gasteiger partial charge in [-0.3, -0.25) is 9.59 Å². The van der Waals surface area contributed by atoms with Crippen LogP contribution in [-0.4, -0.2) is 42.9 Å². The first-order valence-electron chi connectivity index (χ1n) is 11.2. The van der Waals surface area contributed by atoms with Crippen molar-refractivity contribution in [3.63, 3.8) is 0 Å². The zero-order valence-electron chi connectivity index (χ0n) is 18.5. The van der Waals surface area contributed by atoms with Gasteiger partial charge in [0.2, 0.25) is 5.91 Å². The summed E-state index contributed by atoms with van der Waals surface area (Å²) in [6.07, 6.45) is 0.330. The molecule has 0 bridgehead atoms. The number of furan rings is 1. The highest BCUT2D eigenvalue weighted by atomic mass is 79.9. The smallest absolute Gasteiger partial charge is 0.289 e. The molecular formula is C27H24BrN3O3. The lowest BCUT2D eigenvalue weighted by Gasteiger charge is -2.35. The third kappa shape index (κ3) is 4.99. The van der Waals surface area contributed by atoms with Crippen molar-refractivity contribution in [2.24, 2.45) is 0 Å². The Morgan fingerprint density at radius 2 is 1.59 bits per heavy atom. The van der Waals surface area contributed by atoms with Gasteiger partial charge in [0, 0.05) is 47.4 Å². The van der Waals surface area contributed by atoms with E-state index >= 15 is 0 Å². The first kappa shape index (κ1) is 22.2. The van der Waals surface area contributed by atoms with E-state index < -0.39 is 0 Å². The summed E-state index contributed by atoms with van der Waals surface area (Å²) >= 11 is 3.40. The number of carbonyl (C=O) groups excluding carboxylic acids is 2. The quantitative estimate of drug-likeness (QED) is 0.388. The van der Waals surface area contributed by atoms with Crippen molar-refractivity contribution in [1.29, 1.82) is 0 Å². The van der Waals surface area contributed by atoms with E-state index in [2.05, 4.69) is 26.1 Å². The summed E-state index contributed by atoms with van der Waals surface area (Å²) in [6, 6.07) is 25.0. The summed E-state index contributed by atoms with van der Waals surface area (Å²) in [7, 11) is 0. The van der Waals surface area contributed by atoms with Crippen LogP contribution in [0.1, 0.15) is 16.1 Å². The Morgan fingerprint density at radius 1 is 0.882 bits per heavy atom. The maximum absolute atomic E-state index is 12.9. The predicted octanol–water partition coefficient (Wildman–Crippen LogP) is 5.34. The predicted molar refractivity (Wildman–Crippen MR) is 137 cm³/mol. The van der Waals surface area contributed by atoms with Crippen LogP contribution >= 0.6 is 15.9 Å². The molecule has 1 aliphatic rings. The number of hydrogen-bond donors (Lipinski definition) is 1. The van der Waals surface area contributed by atoms with E-state index in [1.165, 1.54) is 0 Å². The van der Waals surface area contributed by atoms with E-state index in [1.807, 2.05) is 83.8 Å². The topological polar surface area (TPSA) is 65.8 Å². The van der Waals surface area contributed by atoms with Crippen LogP contribution < -0.4 is 10.2 Å². The Balaban J connectivity index is 1.14. The average Bonchev–Trinajstić information content (AvgIpc) is 3.30. The Hall–Kier alpha value is -3.58. The number of benzene rings is 3. The molecule has 3 aromatic carbocycles. The number of halogens is 1. The highest BCUT2D eigenvalue weighted by Gasteiger charge is 2.24. The zero-order valence-corrected chi connectivity index (χ0v) is 20.1. The molecular weight excluding hydrogens is 494 g/mol. The molecule has 2 amide bonds. The molecule has 5 rings (SSSR count). The van der Waals surface area contributed by atoms with Gasteiger partial charge in [0.15, 0.2) is 5.76 Å². The molecule has 4 aromatic rings. The fraction of sp³-hybridized carbons (Fsp3) is 0.185. The minimum absolute atomic E-state index is 0.0483. The lowest BCUT2D eigenvalue weighted by molar-refractivity contribution is -0.115. The van der Waals surface area contributed by atoms with Gasteiger partial charge in [0.1, 0.15) is 5.58 Å². The standard InChI is InChI=1S/C27H24BrN3O3/c28-21-7-5-19(6-8-21)17-26(32)29-22-9-11-23(12-10-22)30-13-15-31(16-14-30)27(33)25-18-20-3-1-2-4-24(20)34-25/h1-12,18H,13-17H2,(H,29,32). The fourth-order valence-electron chi connectivity index (χ4n) is 4.16. The van der Waals surface area contributed by atoms with Gasteiger partial charge in [0.05, 0.1) is 6.42 Å². The molecule has 0 saturated carbocycles. The van der Waals surface area contributed by atoms with Crippen molar-refractivity contribution >= 4 is 50.1 Å². The van der Waals surface area contributed by atoms with Crippen LogP contribution in [0.5, 0.6) is 0 Å². The lowest BCUT2D eigenvalue weighted by Crippen LogP contribution is -2.48. The van der Waals surface area contributed by atoms with E-state index in [9.17, 15) is 9.59 Å². The van der Waals surface area contributed by atoms with Crippen molar-refractivity contribution < 1.29 is 14.0 Å². The van der Waals surface area contributed by atoms with E-state index in [0.717, 1.165) is 45.5 Å². The molecule has 1 saturated heterocycles. The molecule has 1 aliphatic heterocycles. The molecule has 1 fully saturated rings. The summed E-state index contributed by atoms with van der Waals surface area (Å²) in [4.78, 5) is 29.3. The van der Waals surface area contributed by atoms with Gasteiger partial charge in [-0.15, -0.1) is 0 Å². The van der Waals surface area contributed by atoms with Crippen molar-refractivity contribution in [3.8, 4) is 0 Å². The molecule has 0 spiro atoms. The summed E-state index contributed by atoms with van der Waals surface area (Å²) in [5.41, 5.74) is 3.53. The first-order valence-corrected chi connectivity index (χ1v) is 12.0. The molecule has 2 heterocycles. The van der Waals surface area contributed by atoms with Crippen LogP contribution in [0.4, 0.5) is 11.4 Å². The molecule has 6 nitrogen and oxygen atoms in total. The van der Waals surface area contributed by atoms with Crippen molar-refractivity contribution in [2.45, 2.75) is 6.42 Å². The number of fused-ring (bicyclic) bond motifs is 1. The number of amides is 2. The number of carbonyl (C=O) groups is 2. The number of rotatable bonds is 5. The number of nitrogens with one attached hydrogen (secondary N) is 1. The SMILES string of the molecule is O=C(Cc1ccc(Br)cc1)Nc1ccc(N2CCN(C(=O)c3cc4ccccc4o3)CC2)cc1. The lowest BCUT2D eigenvalue weighted by atomic mass is 10.1. The van der Waals surface area contributed by atoms with Gasteiger partial charge in [-0.25, -0.2) is 0 Å². The van der Waals surface area contributed by atoms with Crippen LogP contribution in [0.15, 0.2) is 87.8 Å². The minimum atomic E-state index is -0.0697. The van der Waals surface area contributed by atoms with Gasteiger partial charge in [0.25, 0.3) is 5.91 Å². The molecule has 172 valence electrons. The monoisotopic (exact) mass is 517 g/mol. The van der Waals surface area contributed by atoms with E-state index in [-0.39, 0.29) is 11.8 Å². The Kier molecular flexibility index (Phi) is 6.36. The second kappa shape index (κ2) is 9.73. The molecule has 7 heteroatoms. The number of piperazine rings is 1. The molecule has 1 N–H and O–H groups in total. The molecule has 0 radical (unpaired) electrons. The largest absolute Gasteiger partial charge is 0.451 e. The molecule has 0 atom stereocenters. The van der Waals surface area contributed by atoms with Crippen molar-refractivity contribution in [2.75, 3.05) is 36.4 Å². The normalized spacial score (nSPS) is 13.8. The third-order valence-electron chi connectivity index (χ3n) is 6.00. The van der Waals surface area contributed by atoms with Gasteiger partial charge in [-0.2, -0.15) is 0 Å². The van der Waals surface area contributed by atoms with Crippen molar-refractivity contribution in [3.05, 3.63) is 94.7 Å². The number of hydrogen-bond acceptors (Lipinski definition) is 4. The van der Waals surface area contributed by atoms with E-state index in [4.69, 9.17) is 4.42 Å². The van der Waals surface area contributed by atoms with E-state index in [0.29, 0.717) is 25.3 Å². The Morgan fingerprint density at radius 3 is 2.29 bits per heavy atom. The van der Waals surface area contributed by atoms with Gasteiger partial charge >= 0.3 is 0 Å². The highest BCUT2D eigenvalue weighted by Crippen LogP contribution is 2.23. The zero-order chi connectivity index (χ0) is 23.5. The van der Waals surface area contributed by atoms with Crippen LogP contribution in [0, 0.1) is 0 Å². The average molecular weight is 518 g/mol. The molecule has 34 heavy (non-hydrogen) atoms. The minimum Gasteiger partial charge on any atom is -0.451 e. The number of nitrogens with zero attached hydrogens (tertiary/aromatic N) is 2. The maximum Gasteiger partial charge on any atom is 0.289 e. The number of para-hydroxylation sites is 1. The van der Waals surface area contributed by atoms with Crippen LogP contribution in [0.3, 0.4) is 0 Å². The summed E-state index contributed by atoms with van der Waals surface area (Å²) in [6.45, 7) is 2.73. The second-order valence-corrected chi connectivity index (χ2v) is 9.24. The first-order chi connectivity index (χ1) is 16.5. The summed E-state index contributed by atoms with van der Waals surface area (Å²) in [5, 5.41) is 3.89. The third-order valence-corrected chi connectivity index (χ3v) is 6.53. The number of anilines is 2. The molecule has 1 aromatic heterocycles. The Labute approximate surface area is 206 Å². The van der Waals surface area contributed by atoms with Crippen molar-refractivity contribution in [1.82, 2.24) is 4.90 Å². The van der Waals surface area contributed by atoms with Crippen LogP contribution in [0.25, 0.3) is 11.0 Å². The molecule has 0 aliphatic carbocycles. The van der Waals surface area contributed by atoms with Gasteiger partial charge in [-0.1, -0.05) is 46.3 Å². The van der Waals surface area contributed by atoms with Crippen LogP contribution in [-0.2, 0) is 11.2 Å². The fourth-order valence-corrected chi connectivity index (χ4v) is 4.42. The van der Waals surface area contributed by atoms with Gasteiger partial charge < -0.3 is 19.5 Å². The summed E-state index contributed by atoms with van der Waals surface area (Å²) in [5.74, 6) is 0.269. The summed E-state index contributed by atoms with van der Waals surface area (Å²) < 4.78 is 6.73. The molecule has 0 unspecified atom stereocenters. The second-order valence-electron chi connectivity index (χ2n) is 8.33.